The van der Waals surface area contributed by atoms with Gasteiger partial charge in [0.2, 0.25) is 0 Å². The second-order valence-corrected chi connectivity index (χ2v) is 8.11. The minimum atomic E-state index is 0.676. The van der Waals surface area contributed by atoms with Crippen molar-refractivity contribution in [3.63, 3.8) is 0 Å². The Labute approximate surface area is 134 Å². The number of halogens is 1. The average Bonchev–Trinajstić information content (AvgIpc) is 3.05. The molecule has 1 N–H and O–H groups in total. The van der Waals surface area contributed by atoms with E-state index >= 15 is 0 Å². The number of thioether (sulfide) groups is 1. The van der Waals surface area contributed by atoms with E-state index in [1.165, 1.54) is 40.6 Å². The normalized spacial score (nSPS) is 24.7. The van der Waals surface area contributed by atoms with Gasteiger partial charge in [0.15, 0.2) is 0 Å². The molecule has 1 saturated carbocycles. The fourth-order valence-corrected chi connectivity index (χ4v) is 4.94. The molecule has 1 heterocycles. The molecule has 0 saturated heterocycles. The van der Waals surface area contributed by atoms with Crippen molar-refractivity contribution in [1.29, 1.82) is 0 Å². The van der Waals surface area contributed by atoms with Crippen LogP contribution in [0.15, 0.2) is 16.6 Å². The molecule has 3 rings (SSSR count). The lowest BCUT2D eigenvalue weighted by molar-refractivity contribution is 0.351. The van der Waals surface area contributed by atoms with Gasteiger partial charge in [-0.2, -0.15) is 11.8 Å². The van der Waals surface area contributed by atoms with Crippen molar-refractivity contribution in [2.75, 3.05) is 12.4 Å². The molecule has 110 valence electrons. The zero-order valence-electron chi connectivity index (χ0n) is 12.0. The third-order valence-electron chi connectivity index (χ3n) is 4.19. The summed E-state index contributed by atoms with van der Waals surface area (Å²) in [6.45, 7) is 4.01. The van der Waals surface area contributed by atoms with Crippen molar-refractivity contribution in [3.05, 3.63) is 27.7 Å². The van der Waals surface area contributed by atoms with Crippen molar-refractivity contribution < 1.29 is 4.74 Å². The Morgan fingerprint density at radius 2 is 2.30 bits per heavy atom. The van der Waals surface area contributed by atoms with E-state index in [4.69, 9.17) is 4.74 Å². The summed E-state index contributed by atoms with van der Waals surface area (Å²) in [5.41, 5.74) is 2.65. The van der Waals surface area contributed by atoms with E-state index in [9.17, 15) is 0 Å². The second kappa shape index (κ2) is 6.71. The van der Waals surface area contributed by atoms with Crippen molar-refractivity contribution >= 4 is 27.7 Å². The number of fused-ring (bicyclic) bond motifs is 1. The van der Waals surface area contributed by atoms with Crippen molar-refractivity contribution in [1.82, 2.24) is 5.32 Å². The summed E-state index contributed by atoms with van der Waals surface area (Å²) >= 11 is 5.73. The van der Waals surface area contributed by atoms with E-state index < -0.39 is 0 Å². The maximum atomic E-state index is 5.79. The van der Waals surface area contributed by atoms with Gasteiger partial charge in [0, 0.05) is 34.3 Å². The Hall–Kier alpha value is -0.190. The van der Waals surface area contributed by atoms with Crippen LogP contribution in [0.2, 0.25) is 0 Å². The number of nitrogens with one attached hydrogen (secondary N) is 1. The molecule has 4 heteroatoms. The summed E-state index contributed by atoms with van der Waals surface area (Å²) < 4.78 is 6.97. The van der Waals surface area contributed by atoms with Crippen LogP contribution in [0.5, 0.6) is 5.75 Å². The first-order valence-electron chi connectivity index (χ1n) is 7.55. The standard InChI is InChI=1S/C16H22BrNOS/c1-2-20-15-4-3-14(9-15)18-10-12-8-13(17)7-11-5-6-19-16(11)12/h7-8,14-15,18H,2-6,9-10H2,1H3. The lowest BCUT2D eigenvalue weighted by Gasteiger charge is -2.15. The van der Waals surface area contributed by atoms with E-state index in [0.29, 0.717) is 6.04 Å². The monoisotopic (exact) mass is 355 g/mol. The van der Waals surface area contributed by atoms with Crippen molar-refractivity contribution in [2.45, 2.75) is 50.4 Å². The van der Waals surface area contributed by atoms with Gasteiger partial charge in [-0.15, -0.1) is 0 Å². The molecule has 1 aliphatic carbocycles. The van der Waals surface area contributed by atoms with E-state index in [0.717, 1.165) is 30.6 Å². The van der Waals surface area contributed by atoms with Crippen LogP contribution >= 0.6 is 27.7 Å². The van der Waals surface area contributed by atoms with Gasteiger partial charge in [-0.05, 0) is 42.7 Å². The number of hydrogen-bond donors (Lipinski definition) is 1. The first-order valence-corrected chi connectivity index (χ1v) is 9.39. The maximum absolute atomic E-state index is 5.79. The summed E-state index contributed by atoms with van der Waals surface area (Å²) in [7, 11) is 0. The predicted octanol–water partition coefficient (Wildman–Crippen LogP) is 4.15. The van der Waals surface area contributed by atoms with Crippen LogP contribution in [0.3, 0.4) is 0 Å². The highest BCUT2D eigenvalue weighted by molar-refractivity contribution is 9.10. The zero-order valence-corrected chi connectivity index (χ0v) is 14.4. The number of ether oxygens (including phenoxy) is 1. The molecule has 20 heavy (non-hydrogen) atoms. The van der Waals surface area contributed by atoms with Crippen LogP contribution in [0, 0.1) is 0 Å². The zero-order chi connectivity index (χ0) is 13.9. The quantitative estimate of drug-likeness (QED) is 0.857. The minimum absolute atomic E-state index is 0.676. The van der Waals surface area contributed by atoms with Gasteiger partial charge < -0.3 is 10.1 Å². The van der Waals surface area contributed by atoms with E-state index in [1.54, 1.807) is 0 Å². The van der Waals surface area contributed by atoms with Gasteiger partial charge in [-0.25, -0.2) is 0 Å². The second-order valence-electron chi connectivity index (χ2n) is 5.62. The van der Waals surface area contributed by atoms with E-state index in [2.05, 4.69) is 52.1 Å². The Morgan fingerprint density at radius 3 is 3.15 bits per heavy atom. The van der Waals surface area contributed by atoms with Crippen LogP contribution in [0.1, 0.15) is 37.3 Å². The van der Waals surface area contributed by atoms with Gasteiger partial charge >= 0.3 is 0 Å². The molecule has 0 amide bonds. The molecule has 0 bridgehead atoms. The first-order chi connectivity index (χ1) is 9.76. The van der Waals surface area contributed by atoms with Gasteiger partial charge in [0.25, 0.3) is 0 Å². The third-order valence-corrected chi connectivity index (χ3v) is 5.88. The molecule has 1 fully saturated rings. The van der Waals surface area contributed by atoms with Gasteiger partial charge in [-0.1, -0.05) is 22.9 Å². The minimum Gasteiger partial charge on any atom is -0.493 e. The fraction of sp³-hybridized carbons (Fsp3) is 0.625. The highest BCUT2D eigenvalue weighted by Crippen LogP contribution is 2.34. The summed E-state index contributed by atoms with van der Waals surface area (Å²) in [6.07, 6.45) is 5.04. The highest BCUT2D eigenvalue weighted by Gasteiger charge is 2.25. The summed E-state index contributed by atoms with van der Waals surface area (Å²) in [5.74, 6) is 2.36. The highest BCUT2D eigenvalue weighted by atomic mass is 79.9. The Morgan fingerprint density at radius 1 is 1.40 bits per heavy atom. The first kappa shape index (κ1) is 14.7. The molecule has 0 radical (unpaired) electrons. The lowest BCUT2D eigenvalue weighted by atomic mass is 10.1. The topological polar surface area (TPSA) is 21.3 Å². The summed E-state index contributed by atoms with van der Waals surface area (Å²) in [4.78, 5) is 0. The molecule has 1 aromatic rings. The van der Waals surface area contributed by atoms with E-state index in [-0.39, 0.29) is 0 Å². The molecule has 2 atom stereocenters. The van der Waals surface area contributed by atoms with Crippen molar-refractivity contribution in [3.8, 4) is 5.75 Å². The van der Waals surface area contributed by atoms with Crippen LogP contribution < -0.4 is 10.1 Å². The van der Waals surface area contributed by atoms with Crippen molar-refractivity contribution in [2.24, 2.45) is 0 Å². The van der Waals surface area contributed by atoms with Crippen LogP contribution in [0.25, 0.3) is 0 Å². The SMILES string of the molecule is CCSC1CCC(NCc2cc(Br)cc3c2OCC3)C1. The van der Waals surface area contributed by atoms with Gasteiger partial charge in [0.1, 0.15) is 5.75 Å². The maximum Gasteiger partial charge on any atom is 0.127 e. The smallest absolute Gasteiger partial charge is 0.127 e. The molecule has 2 aliphatic rings. The van der Waals surface area contributed by atoms with Crippen LogP contribution in [0.4, 0.5) is 0 Å². The molecule has 1 aromatic carbocycles. The molecule has 0 spiro atoms. The molecule has 0 aromatic heterocycles. The molecule has 2 unspecified atom stereocenters. The molecule has 2 nitrogen and oxygen atoms in total. The fourth-order valence-electron chi connectivity index (χ4n) is 3.24. The number of rotatable bonds is 5. The number of benzene rings is 1. The predicted molar refractivity (Wildman–Crippen MR) is 89.7 cm³/mol. The van der Waals surface area contributed by atoms with Gasteiger partial charge in [-0.3, -0.25) is 0 Å². The van der Waals surface area contributed by atoms with Crippen LogP contribution in [-0.4, -0.2) is 23.7 Å². The summed E-state index contributed by atoms with van der Waals surface area (Å²) in [5, 5.41) is 4.59. The molecular weight excluding hydrogens is 334 g/mol. The Bertz CT molecular complexity index is 480. The van der Waals surface area contributed by atoms with Crippen LogP contribution in [-0.2, 0) is 13.0 Å². The van der Waals surface area contributed by atoms with E-state index in [1.807, 2.05) is 0 Å². The Balaban J connectivity index is 1.59. The van der Waals surface area contributed by atoms with Gasteiger partial charge in [0.05, 0.1) is 6.61 Å². The third kappa shape index (κ3) is 3.34. The largest absolute Gasteiger partial charge is 0.493 e. The average molecular weight is 356 g/mol. The molecular formula is C16H22BrNOS. The molecule has 1 aliphatic heterocycles. The number of hydrogen-bond acceptors (Lipinski definition) is 3. The lowest BCUT2D eigenvalue weighted by Crippen LogP contribution is -2.26. The summed E-state index contributed by atoms with van der Waals surface area (Å²) in [6, 6.07) is 5.06. The Kier molecular flexibility index (Phi) is 4.95.